The smallest absolute Gasteiger partial charge is 0.227 e. The van der Waals surface area contributed by atoms with Gasteiger partial charge in [-0.15, -0.1) is 0 Å². The van der Waals surface area contributed by atoms with Gasteiger partial charge in [-0.25, -0.2) is 0 Å². The van der Waals surface area contributed by atoms with Gasteiger partial charge >= 0.3 is 0 Å². The zero-order valence-electron chi connectivity index (χ0n) is 12.4. The first-order valence-corrected chi connectivity index (χ1v) is 8.28. The van der Waals surface area contributed by atoms with E-state index in [0.717, 1.165) is 44.6 Å². The zero-order valence-corrected chi connectivity index (χ0v) is 13.9. The Morgan fingerprint density at radius 2 is 1.90 bits per heavy atom. The Morgan fingerprint density at radius 1 is 1.29 bits per heavy atom. The van der Waals surface area contributed by atoms with E-state index >= 15 is 0 Å². The van der Waals surface area contributed by atoms with Gasteiger partial charge in [0.2, 0.25) is 5.91 Å². The molecule has 0 aliphatic carbocycles. The van der Waals surface area contributed by atoms with Crippen LogP contribution in [0.1, 0.15) is 25.3 Å². The van der Waals surface area contributed by atoms with Crippen molar-refractivity contribution in [1.29, 1.82) is 0 Å². The van der Waals surface area contributed by atoms with Crippen LogP contribution in [0.2, 0.25) is 10.0 Å². The largest absolute Gasteiger partial charge is 0.342 e. The summed E-state index contributed by atoms with van der Waals surface area (Å²) in [4.78, 5) is 14.3. The monoisotopic (exact) mass is 328 g/mol. The molecule has 1 fully saturated rings. The van der Waals surface area contributed by atoms with Crippen molar-refractivity contribution in [1.82, 2.24) is 10.2 Å². The van der Waals surface area contributed by atoms with E-state index in [2.05, 4.69) is 12.2 Å². The summed E-state index contributed by atoms with van der Waals surface area (Å²) in [6.07, 6.45) is 2.42. The Balaban J connectivity index is 1.88. The molecule has 0 radical (unpaired) electrons. The molecule has 1 amide bonds. The van der Waals surface area contributed by atoms with E-state index in [1.807, 2.05) is 4.90 Å². The van der Waals surface area contributed by atoms with Gasteiger partial charge in [-0.3, -0.25) is 4.79 Å². The van der Waals surface area contributed by atoms with E-state index in [1.165, 1.54) is 0 Å². The summed E-state index contributed by atoms with van der Waals surface area (Å²) in [6, 6.07) is 5.35. The van der Waals surface area contributed by atoms with Gasteiger partial charge in [0, 0.05) is 23.1 Å². The third-order valence-electron chi connectivity index (χ3n) is 4.04. The average Bonchev–Trinajstić information content (AvgIpc) is 2.49. The molecular weight excluding hydrogens is 307 g/mol. The first kappa shape index (κ1) is 16.6. The van der Waals surface area contributed by atoms with Crippen LogP contribution in [-0.2, 0) is 11.2 Å². The molecule has 0 saturated carbocycles. The van der Waals surface area contributed by atoms with Gasteiger partial charge in [-0.05, 0) is 49.5 Å². The van der Waals surface area contributed by atoms with E-state index in [0.29, 0.717) is 16.0 Å². The lowest BCUT2D eigenvalue weighted by Gasteiger charge is -2.32. The molecule has 1 saturated heterocycles. The lowest BCUT2D eigenvalue weighted by Crippen LogP contribution is -2.41. The molecular formula is C16H22Cl2N2O. The molecule has 0 aromatic heterocycles. The second kappa shape index (κ2) is 8.02. The van der Waals surface area contributed by atoms with Crippen molar-refractivity contribution in [3.8, 4) is 0 Å². The first-order valence-electron chi connectivity index (χ1n) is 7.53. The SMILES string of the molecule is CCNCC1CCN(C(=O)Cc2c(Cl)cccc2Cl)CC1. The molecule has 1 aromatic rings. The number of hydrogen-bond donors (Lipinski definition) is 1. The molecule has 3 nitrogen and oxygen atoms in total. The fraction of sp³-hybridized carbons (Fsp3) is 0.562. The van der Waals surface area contributed by atoms with Crippen molar-refractivity contribution in [2.24, 2.45) is 5.92 Å². The number of piperidine rings is 1. The van der Waals surface area contributed by atoms with Crippen LogP contribution >= 0.6 is 23.2 Å². The van der Waals surface area contributed by atoms with Crippen molar-refractivity contribution in [2.45, 2.75) is 26.2 Å². The Morgan fingerprint density at radius 3 is 2.48 bits per heavy atom. The van der Waals surface area contributed by atoms with Crippen molar-refractivity contribution in [2.75, 3.05) is 26.2 Å². The highest BCUT2D eigenvalue weighted by Gasteiger charge is 2.23. The lowest BCUT2D eigenvalue weighted by molar-refractivity contribution is -0.131. The zero-order chi connectivity index (χ0) is 15.2. The lowest BCUT2D eigenvalue weighted by atomic mass is 9.96. The Kier molecular flexibility index (Phi) is 6.34. The maximum absolute atomic E-state index is 12.4. The molecule has 2 rings (SSSR count). The maximum atomic E-state index is 12.4. The van der Waals surface area contributed by atoms with Gasteiger partial charge in [-0.2, -0.15) is 0 Å². The fourth-order valence-corrected chi connectivity index (χ4v) is 3.23. The van der Waals surface area contributed by atoms with Gasteiger partial charge in [-0.1, -0.05) is 36.2 Å². The van der Waals surface area contributed by atoms with Crippen molar-refractivity contribution >= 4 is 29.1 Å². The predicted octanol–water partition coefficient (Wildman–Crippen LogP) is 3.38. The number of halogens is 2. The van der Waals surface area contributed by atoms with Crippen LogP contribution in [0.25, 0.3) is 0 Å². The number of nitrogens with zero attached hydrogens (tertiary/aromatic N) is 1. The molecule has 0 unspecified atom stereocenters. The first-order chi connectivity index (χ1) is 10.1. The van der Waals surface area contributed by atoms with Crippen LogP contribution in [0.4, 0.5) is 0 Å². The maximum Gasteiger partial charge on any atom is 0.227 e. The molecule has 1 aromatic carbocycles. The predicted molar refractivity (Wildman–Crippen MR) is 88.0 cm³/mol. The minimum atomic E-state index is 0.118. The van der Waals surface area contributed by atoms with Crippen LogP contribution in [-0.4, -0.2) is 37.0 Å². The summed E-state index contributed by atoms with van der Waals surface area (Å²) in [7, 11) is 0. The van der Waals surface area contributed by atoms with Crippen LogP contribution in [0.15, 0.2) is 18.2 Å². The van der Waals surface area contributed by atoms with Crippen molar-refractivity contribution in [3.05, 3.63) is 33.8 Å². The van der Waals surface area contributed by atoms with Gasteiger partial charge in [0.15, 0.2) is 0 Å². The minimum Gasteiger partial charge on any atom is -0.342 e. The third-order valence-corrected chi connectivity index (χ3v) is 4.75. The highest BCUT2D eigenvalue weighted by molar-refractivity contribution is 6.36. The van der Waals surface area contributed by atoms with Crippen molar-refractivity contribution in [3.63, 3.8) is 0 Å². The number of likely N-dealkylation sites (tertiary alicyclic amines) is 1. The van der Waals surface area contributed by atoms with E-state index < -0.39 is 0 Å². The van der Waals surface area contributed by atoms with Gasteiger partial charge in [0.25, 0.3) is 0 Å². The van der Waals surface area contributed by atoms with E-state index in [-0.39, 0.29) is 12.3 Å². The van der Waals surface area contributed by atoms with Gasteiger partial charge in [0.05, 0.1) is 6.42 Å². The quantitative estimate of drug-likeness (QED) is 0.898. The highest BCUT2D eigenvalue weighted by atomic mass is 35.5. The van der Waals surface area contributed by atoms with Crippen molar-refractivity contribution < 1.29 is 4.79 Å². The molecule has 116 valence electrons. The van der Waals surface area contributed by atoms with Gasteiger partial charge < -0.3 is 10.2 Å². The minimum absolute atomic E-state index is 0.118. The van der Waals surface area contributed by atoms with E-state index in [9.17, 15) is 4.79 Å². The van der Waals surface area contributed by atoms with E-state index in [1.54, 1.807) is 18.2 Å². The molecule has 1 heterocycles. The van der Waals surface area contributed by atoms with Crippen LogP contribution in [0.3, 0.4) is 0 Å². The third kappa shape index (κ3) is 4.60. The van der Waals surface area contributed by atoms with Crippen LogP contribution in [0, 0.1) is 5.92 Å². The van der Waals surface area contributed by atoms with Crippen LogP contribution in [0.5, 0.6) is 0 Å². The Bertz CT molecular complexity index is 465. The summed E-state index contributed by atoms with van der Waals surface area (Å²) in [5.41, 5.74) is 0.737. The standard InChI is InChI=1S/C16H22Cl2N2O/c1-2-19-11-12-6-8-20(9-7-12)16(21)10-13-14(17)4-3-5-15(13)18/h3-5,12,19H,2,6-11H2,1H3. The van der Waals surface area contributed by atoms with Crippen LogP contribution < -0.4 is 5.32 Å². The summed E-state index contributed by atoms with van der Waals surface area (Å²) < 4.78 is 0. The second-order valence-corrected chi connectivity index (χ2v) is 6.32. The molecule has 1 N–H and O–H groups in total. The summed E-state index contributed by atoms with van der Waals surface area (Å²) in [6.45, 7) is 5.83. The number of hydrogen-bond acceptors (Lipinski definition) is 2. The summed E-state index contributed by atoms with van der Waals surface area (Å²) in [5, 5.41) is 4.51. The molecule has 21 heavy (non-hydrogen) atoms. The van der Waals surface area contributed by atoms with E-state index in [4.69, 9.17) is 23.2 Å². The number of benzene rings is 1. The average molecular weight is 329 g/mol. The molecule has 1 aliphatic rings. The Hall–Kier alpha value is -0.770. The molecule has 5 heteroatoms. The Labute approximate surface area is 136 Å². The van der Waals surface area contributed by atoms with Gasteiger partial charge in [0.1, 0.15) is 0 Å². The number of nitrogens with one attached hydrogen (secondary N) is 1. The normalized spacial score (nSPS) is 16.2. The molecule has 0 spiro atoms. The molecule has 1 aliphatic heterocycles. The topological polar surface area (TPSA) is 32.3 Å². The molecule has 0 atom stereocenters. The highest BCUT2D eigenvalue weighted by Crippen LogP contribution is 2.26. The number of carbonyl (C=O) groups is 1. The number of rotatable bonds is 5. The fourth-order valence-electron chi connectivity index (χ4n) is 2.70. The number of amides is 1. The molecule has 0 bridgehead atoms. The summed E-state index contributed by atoms with van der Waals surface area (Å²) >= 11 is 12.3. The number of carbonyl (C=O) groups excluding carboxylic acids is 1. The second-order valence-electron chi connectivity index (χ2n) is 5.51. The summed E-state index contributed by atoms with van der Waals surface area (Å²) in [5.74, 6) is 0.796.